The molecule has 1 aromatic rings. The van der Waals surface area contributed by atoms with Gasteiger partial charge in [-0.15, -0.1) is 0 Å². The molecule has 0 amide bonds. The molecule has 124 valence electrons. The minimum Gasteiger partial charge on any atom is -0.497 e. The van der Waals surface area contributed by atoms with Gasteiger partial charge in [0, 0.05) is 14.5 Å². The molecule has 1 rings (SSSR count). The number of methoxy groups -OCH3 is 1. The van der Waals surface area contributed by atoms with Crippen molar-refractivity contribution >= 4 is 8.07 Å². The molecular weight excluding hydrogens is 309 g/mol. The summed E-state index contributed by atoms with van der Waals surface area (Å²) in [5, 5.41) is 10.2. The predicted molar refractivity (Wildman–Crippen MR) is 84.9 cm³/mol. The molecule has 1 atom stereocenters. The van der Waals surface area contributed by atoms with Crippen molar-refractivity contribution in [3.8, 4) is 5.75 Å². The maximum absolute atomic E-state index is 13.3. The first-order valence-electron chi connectivity index (χ1n) is 7.08. The van der Waals surface area contributed by atoms with Gasteiger partial charge in [-0.05, 0) is 23.7 Å². The lowest BCUT2D eigenvalue weighted by Crippen LogP contribution is -2.41. The summed E-state index contributed by atoms with van der Waals surface area (Å²) in [6.45, 7) is 6.41. The second kappa shape index (κ2) is 6.87. The standard InChI is InChI=1S/C16H23F3O2Si/c1-21-14-9-7-13(8-10-14)15(20,16(17,18)19)11-5-6-12-22(2,3)4/h5-10,20H,11-12H2,1-4H3/b6-5+. The van der Waals surface area contributed by atoms with Crippen LogP contribution in [0.25, 0.3) is 0 Å². The van der Waals surface area contributed by atoms with Gasteiger partial charge in [-0.1, -0.05) is 43.9 Å². The van der Waals surface area contributed by atoms with Gasteiger partial charge in [0.2, 0.25) is 0 Å². The molecule has 22 heavy (non-hydrogen) atoms. The van der Waals surface area contributed by atoms with E-state index in [1.807, 2.05) is 0 Å². The molecule has 6 heteroatoms. The highest BCUT2D eigenvalue weighted by Gasteiger charge is 2.54. The van der Waals surface area contributed by atoms with Crippen molar-refractivity contribution in [2.45, 2.75) is 43.9 Å². The van der Waals surface area contributed by atoms with E-state index >= 15 is 0 Å². The van der Waals surface area contributed by atoms with E-state index in [1.54, 1.807) is 6.08 Å². The van der Waals surface area contributed by atoms with Crippen LogP contribution in [-0.2, 0) is 5.60 Å². The first-order valence-corrected chi connectivity index (χ1v) is 10.8. The molecule has 1 aromatic carbocycles. The maximum atomic E-state index is 13.3. The van der Waals surface area contributed by atoms with E-state index in [4.69, 9.17) is 4.74 Å². The molecule has 0 aliphatic heterocycles. The molecule has 0 aliphatic carbocycles. The summed E-state index contributed by atoms with van der Waals surface area (Å²) in [5.74, 6) is 0.447. The average Bonchev–Trinajstić information content (AvgIpc) is 2.41. The van der Waals surface area contributed by atoms with Crippen LogP contribution in [0.4, 0.5) is 13.2 Å². The molecule has 0 radical (unpaired) electrons. The maximum Gasteiger partial charge on any atom is 0.421 e. The molecule has 1 unspecified atom stereocenters. The van der Waals surface area contributed by atoms with Crippen LogP contribution in [0.3, 0.4) is 0 Å². The lowest BCUT2D eigenvalue weighted by atomic mass is 9.89. The van der Waals surface area contributed by atoms with Gasteiger partial charge in [-0.25, -0.2) is 0 Å². The third-order valence-corrected chi connectivity index (χ3v) is 4.81. The molecule has 0 fully saturated rings. The second-order valence-electron chi connectivity index (χ2n) is 6.53. The van der Waals surface area contributed by atoms with Gasteiger partial charge < -0.3 is 9.84 Å². The van der Waals surface area contributed by atoms with E-state index in [0.717, 1.165) is 6.04 Å². The predicted octanol–water partition coefficient (Wildman–Crippen LogP) is 4.73. The normalized spacial score (nSPS) is 15.8. The number of benzene rings is 1. The van der Waals surface area contributed by atoms with Gasteiger partial charge in [0.1, 0.15) is 5.75 Å². The van der Waals surface area contributed by atoms with Gasteiger partial charge in [0.15, 0.2) is 5.60 Å². The number of ether oxygens (including phenoxy) is 1. The number of hydrogen-bond acceptors (Lipinski definition) is 2. The number of aliphatic hydroxyl groups is 1. The summed E-state index contributed by atoms with van der Waals surface area (Å²) in [6, 6.07) is 6.11. The van der Waals surface area contributed by atoms with Gasteiger partial charge >= 0.3 is 6.18 Å². The van der Waals surface area contributed by atoms with E-state index in [1.165, 1.54) is 37.5 Å². The molecule has 2 nitrogen and oxygen atoms in total. The number of rotatable bonds is 6. The Morgan fingerprint density at radius 2 is 1.64 bits per heavy atom. The zero-order chi connectivity index (χ0) is 17.0. The zero-order valence-corrected chi connectivity index (χ0v) is 14.4. The fourth-order valence-electron chi connectivity index (χ4n) is 1.95. The van der Waals surface area contributed by atoms with E-state index in [9.17, 15) is 18.3 Å². The number of halogens is 3. The lowest BCUT2D eigenvalue weighted by molar-refractivity contribution is -0.265. The van der Waals surface area contributed by atoms with Crippen LogP contribution in [0.2, 0.25) is 25.7 Å². The Morgan fingerprint density at radius 1 is 1.09 bits per heavy atom. The molecule has 0 aromatic heterocycles. The van der Waals surface area contributed by atoms with Crippen LogP contribution in [0.1, 0.15) is 12.0 Å². The van der Waals surface area contributed by atoms with Crippen LogP contribution in [0, 0.1) is 0 Å². The lowest BCUT2D eigenvalue weighted by Gasteiger charge is -2.30. The molecular formula is C16H23F3O2Si. The third-order valence-electron chi connectivity index (χ3n) is 3.35. The van der Waals surface area contributed by atoms with Crippen molar-refractivity contribution in [1.82, 2.24) is 0 Å². The second-order valence-corrected chi connectivity index (χ2v) is 12.1. The first-order chi connectivity index (χ1) is 9.99. The van der Waals surface area contributed by atoms with E-state index in [-0.39, 0.29) is 5.56 Å². The topological polar surface area (TPSA) is 29.5 Å². The van der Waals surface area contributed by atoms with Crippen LogP contribution in [-0.4, -0.2) is 26.5 Å². The molecule has 0 aliphatic rings. The van der Waals surface area contributed by atoms with Crippen molar-refractivity contribution in [1.29, 1.82) is 0 Å². The van der Waals surface area contributed by atoms with Crippen molar-refractivity contribution in [2.24, 2.45) is 0 Å². The Kier molecular flexibility index (Phi) is 5.87. The highest BCUT2D eigenvalue weighted by Crippen LogP contribution is 2.42. The Bertz CT molecular complexity index is 504. The summed E-state index contributed by atoms with van der Waals surface area (Å²) in [4.78, 5) is 0. The first kappa shape index (κ1) is 18.8. The minimum atomic E-state index is -4.74. The van der Waals surface area contributed by atoms with Gasteiger partial charge in [-0.2, -0.15) is 13.2 Å². The van der Waals surface area contributed by atoms with Crippen molar-refractivity contribution in [3.63, 3.8) is 0 Å². The SMILES string of the molecule is COc1ccc(C(O)(C/C=C/C[Si](C)(C)C)C(F)(F)F)cc1. The number of alkyl halides is 3. The Hall–Kier alpha value is -1.27. The van der Waals surface area contributed by atoms with E-state index in [2.05, 4.69) is 19.6 Å². The largest absolute Gasteiger partial charge is 0.497 e. The summed E-state index contributed by atoms with van der Waals surface area (Å²) >= 11 is 0. The fraction of sp³-hybridized carbons (Fsp3) is 0.500. The highest BCUT2D eigenvalue weighted by atomic mass is 28.3. The Balaban J connectivity index is 3.00. The van der Waals surface area contributed by atoms with Crippen LogP contribution >= 0.6 is 0 Å². The number of hydrogen-bond donors (Lipinski definition) is 1. The smallest absolute Gasteiger partial charge is 0.421 e. The monoisotopic (exact) mass is 332 g/mol. The molecule has 0 bridgehead atoms. The molecule has 1 N–H and O–H groups in total. The van der Waals surface area contributed by atoms with E-state index in [0.29, 0.717) is 5.75 Å². The summed E-state index contributed by atoms with van der Waals surface area (Å²) < 4.78 is 44.9. The summed E-state index contributed by atoms with van der Waals surface area (Å²) in [7, 11) is 0.0773. The molecule has 0 spiro atoms. The summed E-state index contributed by atoms with van der Waals surface area (Å²) in [6.07, 6.45) is -2.07. The van der Waals surface area contributed by atoms with Crippen LogP contribution < -0.4 is 4.74 Å². The number of allylic oxidation sites excluding steroid dienone is 1. The minimum absolute atomic E-state index is 0.182. The fourth-order valence-corrected chi connectivity index (χ4v) is 2.83. The van der Waals surface area contributed by atoms with Gasteiger partial charge in [-0.3, -0.25) is 0 Å². The van der Waals surface area contributed by atoms with Crippen LogP contribution in [0.5, 0.6) is 5.75 Å². The molecule has 0 saturated heterocycles. The van der Waals surface area contributed by atoms with Crippen molar-refractivity contribution in [2.75, 3.05) is 7.11 Å². The van der Waals surface area contributed by atoms with Crippen molar-refractivity contribution < 1.29 is 23.0 Å². The quantitative estimate of drug-likeness (QED) is 0.603. The molecule has 0 heterocycles. The third kappa shape index (κ3) is 4.88. The van der Waals surface area contributed by atoms with Gasteiger partial charge in [0.25, 0.3) is 0 Å². The van der Waals surface area contributed by atoms with E-state index < -0.39 is 26.3 Å². The van der Waals surface area contributed by atoms with Crippen LogP contribution in [0.15, 0.2) is 36.4 Å². The average molecular weight is 332 g/mol. The Morgan fingerprint density at radius 3 is 2.05 bits per heavy atom. The van der Waals surface area contributed by atoms with Crippen molar-refractivity contribution in [3.05, 3.63) is 42.0 Å². The Labute approximate surface area is 130 Å². The summed E-state index contributed by atoms with van der Waals surface area (Å²) in [5.41, 5.74) is -3.06. The highest BCUT2D eigenvalue weighted by molar-refractivity contribution is 6.76. The molecule has 0 saturated carbocycles. The zero-order valence-electron chi connectivity index (χ0n) is 13.4. The van der Waals surface area contributed by atoms with Gasteiger partial charge in [0.05, 0.1) is 7.11 Å².